The quantitative estimate of drug-likeness (QED) is 0.717. The van der Waals surface area contributed by atoms with Crippen molar-refractivity contribution < 1.29 is 9.53 Å². The number of fused-ring (bicyclic) bond motifs is 1. The van der Waals surface area contributed by atoms with Crippen LogP contribution in [0.1, 0.15) is 64.2 Å². The lowest BCUT2D eigenvalue weighted by molar-refractivity contribution is 0.147. The van der Waals surface area contributed by atoms with Gasteiger partial charge in [-0.25, -0.2) is 9.78 Å². The fourth-order valence-corrected chi connectivity index (χ4v) is 3.04. The van der Waals surface area contributed by atoms with E-state index in [0.717, 1.165) is 10.8 Å². The summed E-state index contributed by atoms with van der Waals surface area (Å²) in [6.45, 7) is 17.0. The largest absolute Gasteiger partial charge is 0.449 e. The van der Waals surface area contributed by atoms with Crippen LogP contribution in [-0.2, 0) is 4.74 Å². The topological polar surface area (TPSA) is 51.2 Å². The second-order valence-corrected chi connectivity index (χ2v) is 6.76. The number of benzene rings is 1. The Morgan fingerprint density at radius 3 is 2.36 bits per heavy atom. The van der Waals surface area contributed by atoms with Crippen molar-refractivity contribution in [3.05, 3.63) is 35.0 Å². The number of amides is 1. The zero-order valence-electron chi connectivity index (χ0n) is 16.9. The number of hydrogen-bond donors (Lipinski definition) is 1. The molecule has 1 aromatic heterocycles. The van der Waals surface area contributed by atoms with E-state index in [2.05, 4.69) is 44.1 Å². The maximum Gasteiger partial charge on any atom is 0.412 e. The van der Waals surface area contributed by atoms with E-state index in [1.165, 1.54) is 16.7 Å². The van der Waals surface area contributed by atoms with Crippen LogP contribution < -0.4 is 5.32 Å². The molecule has 0 fully saturated rings. The van der Waals surface area contributed by atoms with E-state index in [-0.39, 0.29) is 0 Å². The molecule has 4 heteroatoms. The Hall–Kier alpha value is -2.10. The number of hydrogen-bond acceptors (Lipinski definition) is 3. The summed E-state index contributed by atoms with van der Waals surface area (Å²) in [4.78, 5) is 16.3. The van der Waals surface area contributed by atoms with Gasteiger partial charge in [0.05, 0.1) is 6.61 Å². The van der Waals surface area contributed by atoms with Gasteiger partial charge in [0.15, 0.2) is 0 Å². The molecular weight excluding hydrogens is 312 g/mol. The molecule has 0 saturated carbocycles. The summed E-state index contributed by atoms with van der Waals surface area (Å²) < 4.78 is 5.19. The van der Waals surface area contributed by atoms with E-state index >= 15 is 0 Å². The number of ether oxygens (including phenoxy) is 1. The summed E-state index contributed by atoms with van der Waals surface area (Å²) in [5, 5.41) is 4.84. The van der Waals surface area contributed by atoms with Gasteiger partial charge in [0, 0.05) is 11.6 Å². The Bertz CT molecular complexity index is 721. The summed E-state index contributed by atoms with van der Waals surface area (Å²) in [6, 6.07) is 4.10. The number of nitrogens with zero attached hydrogens (tertiary/aromatic N) is 1. The SMILES string of the molecule is CC.Cc1cc2c(NC(=O)OCC(C)C)nccc2c(C)c1C(C)C. The van der Waals surface area contributed by atoms with Gasteiger partial charge in [0.2, 0.25) is 0 Å². The molecule has 1 N–H and O–H groups in total. The van der Waals surface area contributed by atoms with E-state index in [1.54, 1.807) is 6.20 Å². The van der Waals surface area contributed by atoms with Crippen LogP contribution in [0.5, 0.6) is 0 Å². The van der Waals surface area contributed by atoms with Gasteiger partial charge in [-0.1, -0.05) is 41.5 Å². The lowest BCUT2D eigenvalue weighted by atomic mass is 9.89. The highest BCUT2D eigenvalue weighted by Crippen LogP contribution is 2.32. The van der Waals surface area contributed by atoms with Crippen molar-refractivity contribution in [3.63, 3.8) is 0 Å². The summed E-state index contributed by atoms with van der Waals surface area (Å²) in [7, 11) is 0. The van der Waals surface area contributed by atoms with E-state index in [4.69, 9.17) is 4.74 Å². The smallest absolute Gasteiger partial charge is 0.412 e. The molecular formula is C21H32N2O2. The van der Waals surface area contributed by atoms with E-state index < -0.39 is 6.09 Å². The van der Waals surface area contributed by atoms with Gasteiger partial charge in [-0.3, -0.25) is 5.32 Å². The molecule has 0 radical (unpaired) electrons. The third kappa shape index (κ3) is 5.18. The number of anilines is 1. The van der Waals surface area contributed by atoms with Crippen molar-refractivity contribution in [1.29, 1.82) is 0 Å². The lowest BCUT2D eigenvalue weighted by Gasteiger charge is -2.18. The molecule has 0 unspecified atom stereocenters. The molecule has 0 saturated heterocycles. The minimum absolute atomic E-state index is 0.305. The van der Waals surface area contributed by atoms with E-state index in [1.807, 2.05) is 33.8 Å². The van der Waals surface area contributed by atoms with Crippen LogP contribution >= 0.6 is 0 Å². The van der Waals surface area contributed by atoms with Crippen LogP contribution in [0.25, 0.3) is 10.8 Å². The molecule has 2 rings (SSSR count). The number of nitrogens with one attached hydrogen (secondary N) is 1. The third-order valence-corrected chi connectivity index (χ3v) is 3.93. The number of carbonyl (C=O) groups excluding carboxylic acids is 1. The van der Waals surface area contributed by atoms with E-state index in [0.29, 0.717) is 24.3 Å². The maximum absolute atomic E-state index is 11.9. The second-order valence-electron chi connectivity index (χ2n) is 6.76. The Labute approximate surface area is 152 Å². The third-order valence-electron chi connectivity index (χ3n) is 3.93. The number of aryl methyl sites for hydroxylation is 2. The summed E-state index contributed by atoms with van der Waals surface area (Å²) >= 11 is 0. The highest BCUT2D eigenvalue weighted by atomic mass is 16.5. The van der Waals surface area contributed by atoms with Crippen molar-refractivity contribution in [2.45, 2.75) is 61.3 Å². The van der Waals surface area contributed by atoms with Crippen molar-refractivity contribution in [3.8, 4) is 0 Å². The van der Waals surface area contributed by atoms with Gasteiger partial charge >= 0.3 is 6.09 Å². The standard InChI is InChI=1S/C19H26N2O2.C2H6/c1-11(2)10-23-19(22)21-18-16-9-13(5)17(12(3)4)14(6)15(16)7-8-20-18;1-2/h7-9,11-12H,10H2,1-6H3,(H,20,21,22);1-2H3. The van der Waals surface area contributed by atoms with Crippen molar-refractivity contribution in [1.82, 2.24) is 4.98 Å². The zero-order chi connectivity index (χ0) is 19.1. The van der Waals surface area contributed by atoms with Crippen LogP contribution in [0.15, 0.2) is 18.3 Å². The second kappa shape index (κ2) is 9.40. The first-order valence-electron chi connectivity index (χ1n) is 9.13. The normalized spacial score (nSPS) is 10.6. The Morgan fingerprint density at radius 2 is 1.80 bits per heavy atom. The van der Waals surface area contributed by atoms with Crippen LogP contribution in [0.2, 0.25) is 0 Å². The minimum atomic E-state index is -0.457. The first kappa shape index (κ1) is 20.9. The van der Waals surface area contributed by atoms with Crippen LogP contribution in [0, 0.1) is 19.8 Å². The average molecular weight is 344 g/mol. The van der Waals surface area contributed by atoms with Crippen LogP contribution in [-0.4, -0.2) is 17.7 Å². The Kier molecular flexibility index (Phi) is 7.88. The van der Waals surface area contributed by atoms with Crippen LogP contribution in [0.4, 0.5) is 10.6 Å². The molecule has 0 aliphatic carbocycles. The van der Waals surface area contributed by atoms with Crippen LogP contribution in [0.3, 0.4) is 0 Å². The lowest BCUT2D eigenvalue weighted by Crippen LogP contribution is -2.17. The fraction of sp³-hybridized carbons (Fsp3) is 0.524. The fourth-order valence-electron chi connectivity index (χ4n) is 3.04. The van der Waals surface area contributed by atoms with Gasteiger partial charge in [-0.2, -0.15) is 0 Å². The first-order chi connectivity index (χ1) is 11.8. The summed E-state index contributed by atoms with van der Waals surface area (Å²) in [5.41, 5.74) is 3.82. The Morgan fingerprint density at radius 1 is 1.16 bits per heavy atom. The number of carbonyl (C=O) groups is 1. The predicted octanol–water partition coefficient (Wildman–Crippen LogP) is 6.21. The number of rotatable bonds is 4. The molecule has 0 bridgehead atoms. The summed E-state index contributed by atoms with van der Waals surface area (Å²) in [5.74, 6) is 1.32. The minimum Gasteiger partial charge on any atom is -0.449 e. The first-order valence-corrected chi connectivity index (χ1v) is 9.13. The van der Waals surface area contributed by atoms with Gasteiger partial charge in [0.25, 0.3) is 0 Å². The molecule has 2 aromatic rings. The van der Waals surface area contributed by atoms with Gasteiger partial charge in [0.1, 0.15) is 5.82 Å². The summed E-state index contributed by atoms with van der Waals surface area (Å²) in [6.07, 6.45) is 1.27. The monoisotopic (exact) mass is 344 g/mol. The van der Waals surface area contributed by atoms with Gasteiger partial charge in [-0.05, 0) is 59.9 Å². The maximum atomic E-state index is 11.9. The molecule has 0 aliphatic heterocycles. The molecule has 138 valence electrons. The molecule has 0 aliphatic rings. The zero-order valence-corrected chi connectivity index (χ0v) is 16.9. The number of pyridine rings is 1. The molecule has 0 atom stereocenters. The molecule has 1 amide bonds. The highest BCUT2D eigenvalue weighted by molar-refractivity contribution is 6.00. The van der Waals surface area contributed by atoms with Gasteiger partial charge in [-0.15, -0.1) is 0 Å². The van der Waals surface area contributed by atoms with Gasteiger partial charge < -0.3 is 4.74 Å². The molecule has 4 nitrogen and oxygen atoms in total. The molecule has 25 heavy (non-hydrogen) atoms. The number of aromatic nitrogens is 1. The average Bonchev–Trinajstić information content (AvgIpc) is 2.55. The Balaban J connectivity index is 0.00000151. The van der Waals surface area contributed by atoms with Crippen molar-refractivity contribution >= 4 is 22.7 Å². The van der Waals surface area contributed by atoms with Crippen molar-refractivity contribution in [2.24, 2.45) is 5.92 Å². The molecule has 1 heterocycles. The highest BCUT2D eigenvalue weighted by Gasteiger charge is 2.15. The van der Waals surface area contributed by atoms with E-state index in [9.17, 15) is 4.79 Å². The molecule has 1 aromatic carbocycles. The predicted molar refractivity (Wildman–Crippen MR) is 106 cm³/mol. The molecule has 0 spiro atoms. The van der Waals surface area contributed by atoms with Crippen molar-refractivity contribution in [2.75, 3.05) is 11.9 Å².